The summed E-state index contributed by atoms with van der Waals surface area (Å²) in [4.78, 5) is 16.8. The van der Waals surface area contributed by atoms with Crippen LogP contribution in [0.1, 0.15) is 18.0 Å². The second-order valence-corrected chi connectivity index (χ2v) is 10.0. The molecule has 2 fully saturated rings. The molecule has 2 aromatic heterocycles. The van der Waals surface area contributed by atoms with Gasteiger partial charge in [0.2, 0.25) is 0 Å². The topological polar surface area (TPSA) is 89.8 Å². The van der Waals surface area contributed by atoms with E-state index in [2.05, 4.69) is 25.3 Å². The Kier molecular flexibility index (Phi) is 7.85. The first-order chi connectivity index (χ1) is 20.3. The number of nitrogens with zero attached hydrogens (tertiary/aromatic N) is 6. The summed E-state index contributed by atoms with van der Waals surface area (Å²) in [5.41, 5.74) is 3.73. The van der Waals surface area contributed by atoms with Crippen molar-refractivity contribution < 1.29 is 27.5 Å². The van der Waals surface area contributed by atoms with Crippen molar-refractivity contribution in [1.82, 2.24) is 19.7 Å². The van der Waals surface area contributed by atoms with E-state index in [4.69, 9.17) is 14.3 Å². The van der Waals surface area contributed by atoms with E-state index >= 15 is 0 Å². The zero-order chi connectivity index (χ0) is 29.1. The van der Waals surface area contributed by atoms with Crippen LogP contribution in [0.25, 0.3) is 11.1 Å². The molecule has 2 aliphatic rings. The van der Waals surface area contributed by atoms with Crippen molar-refractivity contribution in [3.63, 3.8) is 0 Å². The maximum absolute atomic E-state index is 13.3. The lowest BCUT2D eigenvalue weighted by molar-refractivity contribution is -0.153. The molecule has 42 heavy (non-hydrogen) atoms. The molecule has 2 aromatic carbocycles. The van der Waals surface area contributed by atoms with Gasteiger partial charge in [0.15, 0.2) is 12.4 Å². The highest BCUT2D eigenvalue weighted by molar-refractivity contribution is 5.85. The van der Waals surface area contributed by atoms with Crippen molar-refractivity contribution in [3.05, 3.63) is 72.8 Å². The van der Waals surface area contributed by atoms with Crippen LogP contribution in [0.5, 0.6) is 5.75 Å². The van der Waals surface area contributed by atoms with Crippen LogP contribution in [0.3, 0.4) is 0 Å². The molecule has 0 aliphatic carbocycles. The van der Waals surface area contributed by atoms with E-state index in [-0.39, 0.29) is 11.8 Å². The first-order valence-electron chi connectivity index (χ1n) is 13.6. The second kappa shape index (κ2) is 11.9. The highest BCUT2D eigenvalue weighted by Gasteiger charge is 2.31. The zero-order valence-electron chi connectivity index (χ0n) is 22.9. The Hall–Kier alpha value is -4.36. The highest BCUT2D eigenvalue weighted by atomic mass is 19.4. The molecule has 10 nitrogen and oxygen atoms in total. The van der Waals surface area contributed by atoms with Gasteiger partial charge >= 0.3 is 6.18 Å². The summed E-state index contributed by atoms with van der Waals surface area (Å²) >= 11 is 0. The number of ether oxygens (including phenoxy) is 2. The van der Waals surface area contributed by atoms with E-state index in [9.17, 15) is 13.2 Å². The minimum Gasteiger partial charge on any atom is -0.482 e. The van der Waals surface area contributed by atoms with Gasteiger partial charge in [-0.2, -0.15) is 18.3 Å². The van der Waals surface area contributed by atoms with Crippen LogP contribution in [0, 0.1) is 0 Å². The number of rotatable bonds is 8. The van der Waals surface area contributed by atoms with Crippen LogP contribution in [-0.4, -0.2) is 65.4 Å². The van der Waals surface area contributed by atoms with Gasteiger partial charge in [-0.05, 0) is 11.6 Å². The fraction of sp³-hybridized carbons (Fsp3) is 0.345. The Morgan fingerprint density at radius 1 is 1.05 bits per heavy atom. The van der Waals surface area contributed by atoms with Gasteiger partial charge in [0, 0.05) is 61.7 Å². The second-order valence-electron chi connectivity index (χ2n) is 10.0. The summed E-state index contributed by atoms with van der Waals surface area (Å²) in [6, 6.07) is 15.0. The van der Waals surface area contributed by atoms with Gasteiger partial charge in [0.05, 0.1) is 37.7 Å². The largest absolute Gasteiger partial charge is 0.482 e. The van der Waals surface area contributed by atoms with Gasteiger partial charge in [-0.1, -0.05) is 30.3 Å². The number of aromatic nitrogens is 4. The van der Waals surface area contributed by atoms with Crippen molar-refractivity contribution in [3.8, 4) is 16.9 Å². The number of hydrogen-bond donors (Lipinski definition) is 1. The van der Waals surface area contributed by atoms with E-state index < -0.39 is 12.8 Å². The SMILES string of the molecule is Cn1cc(-c2cc(Nc3cc(N4OCCC4c4ccccc4)ncn3)c(OCC(F)(F)F)cc2N2CCOCC2)cn1. The maximum Gasteiger partial charge on any atom is 0.422 e. The lowest BCUT2D eigenvalue weighted by Crippen LogP contribution is -2.36. The van der Waals surface area contributed by atoms with Crippen molar-refractivity contribution in [2.24, 2.45) is 7.05 Å². The van der Waals surface area contributed by atoms with Gasteiger partial charge in [-0.3, -0.25) is 9.52 Å². The van der Waals surface area contributed by atoms with Gasteiger partial charge in [-0.25, -0.2) is 15.0 Å². The molecule has 4 aromatic rings. The third kappa shape index (κ3) is 6.26. The molecule has 0 radical (unpaired) electrons. The minimum absolute atomic E-state index is 0.0374. The molecule has 6 rings (SSSR count). The van der Waals surface area contributed by atoms with Crippen molar-refractivity contribution in [2.45, 2.75) is 18.6 Å². The fourth-order valence-corrected chi connectivity index (χ4v) is 5.15. The van der Waals surface area contributed by atoms with E-state index in [0.717, 1.165) is 28.8 Å². The van der Waals surface area contributed by atoms with E-state index in [1.165, 1.54) is 6.33 Å². The fourth-order valence-electron chi connectivity index (χ4n) is 5.15. The van der Waals surface area contributed by atoms with E-state index in [1.54, 1.807) is 34.1 Å². The Labute approximate surface area is 240 Å². The molecule has 1 atom stereocenters. The predicted molar refractivity (Wildman–Crippen MR) is 151 cm³/mol. The Morgan fingerprint density at radius 2 is 1.86 bits per heavy atom. The molecule has 0 spiro atoms. The molecule has 0 saturated carbocycles. The summed E-state index contributed by atoms with van der Waals surface area (Å²) < 4.78 is 52.4. The van der Waals surface area contributed by atoms with Crippen molar-refractivity contribution >= 4 is 23.0 Å². The molecule has 13 heteroatoms. The minimum atomic E-state index is -4.51. The number of morpholine rings is 1. The zero-order valence-corrected chi connectivity index (χ0v) is 22.9. The normalized spacial score (nSPS) is 17.5. The van der Waals surface area contributed by atoms with Crippen LogP contribution >= 0.6 is 0 Å². The van der Waals surface area contributed by atoms with Gasteiger partial charge in [0.25, 0.3) is 0 Å². The monoisotopic (exact) mass is 581 g/mol. The standard InChI is InChI=1S/C29H30F3N7O3/c1-37-17-21(16-35-37)22-13-23(26(41-18-29(30,31)32)14-25(22)38-8-11-40-12-9-38)36-27-15-28(34-19-33-27)39-24(7-10-42-39)20-5-3-2-4-6-20/h2-6,13-17,19,24H,7-12,18H2,1H3,(H,33,34,36). The van der Waals surface area contributed by atoms with Crippen molar-refractivity contribution in [2.75, 3.05) is 54.8 Å². The first kappa shape index (κ1) is 27.8. The number of benzene rings is 2. The van der Waals surface area contributed by atoms with E-state index in [1.807, 2.05) is 43.6 Å². The Morgan fingerprint density at radius 3 is 2.60 bits per heavy atom. The van der Waals surface area contributed by atoms with Crippen LogP contribution < -0.4 is 20.0 Å². The highest BCUT2D eigenvalue weighted by Crippen LogP contribution is 2.42. The molecule has 0 bridgehead atoms. The predicted octanol–water partition coefficient (Wildman–Crippen LogP) is 5.28. The maximum atomic E-state index is 13.3. The van der Waals surface area contributed by atoms with E-state index in [0.29, 0.717) is 50.2 Å². The molecule has 1 unspecified atom stereocenters. The molecule has 0 amide bonds. The van der Waals surface area contributed by atoms with Crippen LogP contribution in [-0.2, 0) is 16.6 Å². The van der Waals surface area contributed by atoms with Gasteiger partial charge in [-0.15, -0.1) is 0 Å². The van der Waals surface area contributed by atoms with Gasteiger partial charge in [0.1, 0.15) is 17.9 Å². The summed E-state index contributed by atoms with van der Waals surface area (Å²) in [5.74, 6) is 0.936. The van der Waals surface area contributed by atoms with Gasteiger partial charge < -0.3 is 19.7 Å². The molecule has 1 N–H and O–H groups in total. The number of hydrogen-bond acceptors (Lipinski definition) is 9. The summed E-state index contributed by atoms with van der Waals surface area (Å²) in [7, 11) is 1.81. The third-order valence-electron chi connectivity index (χ3n) is 7.09. The lowest BCUT2D eigenvalue weighted by Gasteiger charge is -2.31. The Balaban J connectivity index is 1.37. The quantitative estimate of drug-likeness (QED) is 0.299. The number of nitrogens with one attached hydrogen (secondary N) is 1. The first-order valence-corrected chi connectivity index (χ1v) is 13.6. The molecule has 4 heterocycles. The molecular formula is C29H30F3N7O3. The molecule has 2 aliphatic heterocycles. The average molecular weight is 582 g/mol. The average Bonchev–Trinajstić information content (AvgIpc) is 3.66. The van der Waals surface area contributed by atoms with Crippen LogP contribution in [0.4, 0.5) is 36.2 Å². The lowest BCUT2D eigenvalue weighted by atomic mass is 10.0. The number of halogens is 3. The number of aryl methyl sites for hydroxylation is 1. The summed E-state index contributed by atoms with van der Waals surface area (Å²) in [6.45, 7) is 1.29. The summed E-state index contributed by atoms with van der Waals surface area (Å²) in [6.07, 6.45) is 1.23. The third-order valence-corrected chi connectivity index (χ3v) is 7.09. The molecule has 2 saturated heterocycles. The summed E-state index contributed by atoms with van der Waals surface area (Å²) in [5, 5.41) is 9.22. The number of anilines is 4. The Bertz CT molecular complexity index is 1510. The number of alkyl halides is 3. The van der Waals surface area contributed by atoms with Crippen molar-refractivity contribution in [1.29, 1.82) is 0 Å². The smallest absolute Gasteiger partial charge is 0.422 e. The molecular weight excluding hydrogens is 551 g/mol. The van der Waals surface area contributed by atoms with Crippen LogP contribution in [0.2, 0.25) is 0 Å². The molecule has 220 valence electrons. The van der Waals surface area contributed by atoms with Crippen LogP contribution in [0.15, 0.2) is 67.3 Å². The number of hydroxylamine groups is 1.